The number of esters is 1. The molecule has 1 amide bonds. The molecule has 0 bridgehead atoms. The van der Waals surface area contributed by atoms with Crippen LogP contribution >= 0.6 is 0 Å². The van der Waals surface area contributed by atoms with Gasteiger partial charge in [0.1, 0.15) is 0 Å². The lowest BCUT2D eigenvalue weighted by molar-refractivity contribution is -0.116. The van der Waals surface area contributed by atoms with Crippen molar-refractivity contribution in [2.24, 2.45) is 0 Å². The predicted octanol–water partition coefficient (Wildman–Crippen LogP) is 2.19. The largest absolute Gasteiger partial charge is 0.462 e. The molecule has 5 heteroatoms. The third kappa shape index (κ3) is 5.40. The molecule has 1 atom stereocenters. The molecule has 0 saturated carbocycles. The van der Waals surface area contributed by atoms with Crippen molar-refractivity contribution in [3.63, 3.8) is 0 Å². The Bertz CT molecular complexity index is 443. The number of carbonyl (C=O) groups excluding carboxylic acids is 2. The van der Waals surface area contributed by atoms with Crippen LogP contribution in [0.4, 0.5) is 5.69 Å². The quantitative estimate of drug-likeness (QED) is 0.750. The maximum Gasteiger partial charge on any atom is 0.338 e. The molecule has 5 nitrogen and oxygen atoms in total. The van der Waals surface area contributed by atoms with Crippen molar-refractivity contribution in [2.45, 2.75) is 33.2 Å². The number of ether oxygens (including phenoxy) is 1. The lowest BCUT2D eigenvalue weighted by Gasteiger charge is -2.12. The summed E-state index contributed by atoms with van der Waals surface area (Å²) in [4.78, 5) is 23.3. The monoisotopic (exact) mass is 278 g/mol. The standard InChI is InChI=1S/C15H22N2O3/c1-4-16-11(3)10-14(18)17-13-8-6-12(7-9-13)15(19)20-5-2/h6-9,11,16H,4-5,10H2,1-3H3,(H,17,18). The molecule has 0 fully saturated rings. The molecule has 0 aliphatic heterocycles. The molecule has 0 heterocycles. The molecule has 0 aliphatic rings. The molecular weight excluding hydrogens is 256 g/mol. The first-order chi connectivity index (χ1) is 9.56. The van der Waals surface area contributed by atoms with Gasteiger partial charge in [-0.05, 0) is 44.7 Å². The SMILES string of the molecule is CCNC(C)CC(=O)Nc1ccc(C(=O)OCC)cc1. The van der Waals surface area contributed by atoms with Gasteiger partial charge in [-0.3, -0.25) is 4.79 Å². The Morgan fingerprint density at radius 2 is 1.85 bits per heavy atom. The molecule has 2 N–H and O–H groups in total. The van der Waals surface area contributed by atoms with Crippen LogP contribution in [0.3, 0.4) is 0 Å². The van der Waals surface area contributed by atoms with Crippen molar-refractivity contribution in [3.8, 4) is 0 Å². The molecule has 0 aliphatic carbocycles. The van der Waals surface area contributed by atoms with Gasteiger partial charge in [0.05, 0.1) is 12.2 Å². The van der Waals surface area contributed by atoms with Gasteiger partial charge in [0.2, 0.25) is 5.91 Å². The lowest BCUT2D eigenvalue weighted by Crippen LogP contribution is -2.30. The Morgan fingerprint density at radius 3 is 2.40 bits per heavy atom. The summed E-state index contributed by atoms with van der Waals surface area (Å²) in [6.45, 7) is 6.91. The van der Waals surface area contributed by atoms with E-state index in [4.69, 9.17) is 4.74 Å². The highest BCUT2D eigenvalue weighted by Crippen LogP contribution is 2.11. The van der Waals surface area contributed by atoms with Crippen LogP contribution in [0.2, 0.25) is 0 Å². The summed E-state index contributed by atoms with van der Waals surface area (Å²) in [5, 5.41) is 5.98. The van der Waals surface area contributed by atoms with Crippen molar-refractivity contribution >= 4 is 17.6 Å². The van der Waals surface area contributed by atoms with Gasteiger partial charge in [-0.1, -0.05) is 6.92 Å². The fraction of sp³-hybridized carbons (Fsp3) is 0.467. The van der Waals surface area contributed by atoms with Crippen molar-refractivity contribution in [1.29, 1.82) is 0 Å². The smallest absolute Gasteiger partial charge is 0.338 e. The van der Waals surface area contributed by atoms with Crippen LogP contribution in [0.5, 0.6) is 0 Å². The van der Waals surface area contributed by atoms with E-state index in [1.807, 2.05) is 13.8 Å². The molecule has 20 heavy (non-hydrogen) atoms. The molecule has 1 rings (SSSR count). The van der Waals surface area contributed by atoms with Gasteiger partial charge in [0.25, 0.3) is 0 Å². The van der Waals surface area contributed by atoms with Gasteiger partial charge < -0.3 is 15.4 Å². The van der Waals surface area contributed by atoms with E-state index >= 15 is 0 Å². The number of nitrogens with one attached hydrogen (secondary N) is 2. The fourth-order valence-corrected chi connectivity index (χ4v) is 1.81. The lowest BCUT2D eigenvalue weighted by atomic mass is 10.2. The summed E-state index contributed by atoms with van der Waals surface area (Å²) < 4.78 is 4.89. The van der Waals surface area contributed by atoms with Crippen LogP contribution in [-0.2, 0) is 9.53 Å². The first-order valence-electron chi connectivity index (χ1n) is 6.87. The number of anilines is 1. The van der Waals surface area contributed by atoms with E-state index in [1.54, 1.807) is 31.2 Å². The summed E-state index contributed by atoms with van der Waals surface area (Å²) in [7, 11) is 0. The number of hydrogen-bond acceptors (Lipinski definition) is 4. The van der Waals surface area contributed by atoms with E-state index in [0.29, 0.717) is 24.3 Å². The van der Waals surface area contributed by atoms with Crippen LogP contribution in [0.1, 0.15) is 37.6 Å². The minimum Gasteiger partial charge on any atom is -0.462 e. The topological polar surface area (TPSA) is 67.4 Å². The van der Waals surface area contributed by atoms with Crippen molar-refractivity contribution in [3.05, 3.63) is 29.8 Å². The van der Waals surface area contributed by atoms with Crippen LogP contribution in [0.15, 0.2) is 24.3 Å². The summed E-state index contributed by atoms with van der Waals surface area (Å²) in [5.41, 5.74) is 1.15. The van der Waals surface area contributed by atoms with E-state index in [2.05, 4.69) is 10.6 Å². The second kappa shape index (κ2) is 8.32. The van der Waals surface area contributed by atoms with E-state index in [9.17, 15) is 9.59 Å². The minimum atomic E-state index is -0.355. The Labute approximate surface area is 119 Å². The normalized spacial score (nSPS) is 11.8. The van der Waals surface area contributed by atoms with Crippen LogP contribution < -0.4 is 10.6 Å². The van der Waals surface area contributed by atoms with Gasteiger partial charge >= 0.3 is 5.97 Å². The number of amides is 1. The molecule has 1 aromatic rings. The van der Waals surface area contributed by atoms with Gasteiger partial charge in [-0.15, -0.1) is 0 Å². The zero-order valence-corrected chi connectivity index (χ0v) is 12.2. The summed E-state index contributed by atoms with van der Waals surface area (Å²) >= 11 is 0. The molecule has 0 saturated heterocycles. The van der Waals surface area contributed by atoms with Gasteiger partial charge in [0, 0.05) is 18.2 Å². The van der Waals surface area contributed by atoms with Gasteiger partial charge in [-0.25, -0.2) is 4.79 Å². The highest BCUT2D eigenvalue weighted by molar-refractivity contribution is 5.93. The zero-order valence-electron chi connectivity index (χ0n) is 12.2. The third-order valence-electron chi connectivity index (χ3n) is 2.72. The predicted molar refractivity (Wildman–Crippen MR) is 78.8 cm³/mol. The Balaban J connectivity index is 2.52. The van der Waals surface area contributed by atoms with Gasteiger partial charge in [-0.2, -0.15) is 0 Å². The van der Waals surface area contributed by atoms with E-state index in [1.165, 1.54) is 0 Å². The minimum absolute atomic E-state index is 0.0534. The van der Waals surface area contributed by atoms with E-state index in [0.717, 1.165) is 6.54 Å². The molecule has 0 radical (unpaired) electrons. The Hall–Kier alpha value is -1.88. The Morgan fingerprint density at radius 1 is 1.20 bits per heavy atom. The second-order valence-corrected chi connectivity index (χ2v) is 4.51. The van der Waals surface area contributed by atoms with Gasteiger partial charge in [0.15, 0.2) is 0 Å². The maximum atomic E-state index is 11.8. The molecule has 1 aromatic carbocycles. The van der Waals surface area contributed by atoms with Crippen LogP contribution in [-0.4, -0.2) is 31.1 Å². The highest BCUT2D eigenvalue weighted by atomic mass is 16.5. The maximum absolute atomic E-state index is 11.8. The van der Waals surface area contributed by atoms with Crippen molar-refractivity contribution < 1.29 is 14.3 Å². The number of hydrogen-bond donors (Lipinski definition) is 2. The van der Waals surface area contributed by atoms with Crippen LogP contribution in [0.25, 0.3) is 0 Å². The second-order valence-electron chi connectivity index (χ2n) is 4.51. The number of benzene rings is 1. The average Bonchev–Trinajstić information content (AvgIpc) is 2.39. The van der Waals surface area contributed by atoms with Crippen molar-refractivity contribution in [1.82, 2.24) is 5.32 Å². The Kier molecular flexibility index (Phi) is 6.73. The third-order valence-corrected chi connectivity index (χ3v) is 2.72. The molecular formula is C15H22N2O3. The molecule has 110 valence electrons. The molecule has 0 spiro atoms. The summed E-state index contributed by atoms with van der Waals surface area (Å²) in [5.74, 6) is -0.409. The zero-order chi connectivity index (χ0) is 15.0. The van der Waals surface area contributed by atoms with E-state index < -0.39 is 0 Å². The fourth-order valence-electron chi connectivity index (χ4n) is 1.81. The molecule has 0 aromatic heterocycles. The number of rotatable bonds is 7. The summed E-state index contributed by atoms with van der Waals surface area (Å²) in [6.07, 6.45) is 0.410. The van der Waals surface area contributed by atoms with Crippen LogP contribution in [0, 0.1) is 0 Å². The first-order valence-corrected chi connectivity index (χ1v) is 6.87. The summed E-state index contributed by atoms with van der Waals surface area (Å²) in [6, 6.07) is 6.81. The first kappa shape index (κ1) is 16.2. The number of carbonyl (C=O) groups is 2. The molecule has 1 unspecified atom stereocenters. The van der Waals surface area contributed by atoms with Crippen molar-refractivity contribution in [2.75, 3.05) is 18.5 Å². The highest BCUT2D eigenvalue weighted by Gasteiger charge is 2.09. The average molecular weight is 278 g/mol. The van der Waals surface area contributed by atoms with E-state index in [-0.39, 0.29) is 17.9 Å².